The van der Waals surface area contributed by atoms with Crippen molar-refractivity contribution in [1.82, 2.24) is 25.2 Å². The summed E-state index contributed by atoms with van der Waals surface area (Å²) in [6.07, 6.45) is -4.48. The number of aliphatic hydroxyl groups excluding tert-OH is 1. The molecule has 0 aliphatic rings. The average molecular weight is 504 g/mol. The van der Waals surface area contributed by atoms with Crippen molar-refractivity contribution < 1.29 is 18.3 Å². The molecule has 9 nitrogen and oxygen atoms in total. The third-order valence-electron chi connectivity index (χ3n) is 5.72. The van der Waals surface area contributed by atoms with Crippen LogP contribution in [0.25, 0.3) is 11.0 Å². The number of rotatable bonds is 10. The molecule has 12 heteroatoms. The minimum Gasteiger partial charge on any atom is -0.395 e. The van der Waals surface area contributed by atoms with Crippen molar-refractivity contribution in [3.05, 3.63) is 63.2 Å². The minimum atomic E-state index is -4.48. The van der Waals surface area contributed by atoms with Gasteiger partial charge in [0.1, 0.15) is 17.3 Å². The van der Waals surface area contributed by atoms with Crippen LogP contribution >= 0.6 is 0 Å². The van der Waals surface area contributed by atoms with Gasteiger partial charge in [0.25, 0.3) is 0 Å². The van der Waals surface area contributed by atoms with Gasteiger partial charge in [0, 0.05) is 38.8 Å². The highest BCUT2D eigenvalue weighted by molar-refractivity contribution is 5.85. The van der Waals surface area contributed by atoms with Crippen LogP contribution in [0.15, 0.2) is 35.1 Å². The summed E-state index contributed by atoms with van der Waals surface area (Å²) in [7, 11) is 1.57. The first-order valence-corrected chi connectivity index (χ1v) is 11.3. The Kier molecular flexibility index (Phi) is 8.62. The summed E-state index contributed by atoms with van der Waals surface area (Å²) >= 11 is 0. The molecule has 1 unspecified atom stereocenters. The van der Waals surface area contributed by atoms with Crippen LogP contribution in [0.4, 0.5) is 19.0 Å². The van der Waals surface area contributed by atoms with E-state index in [-0.39, 0.29) is 48.9 Å². The number of nitrogens with one attached hydrogen (secondary N) is 3. The van der Waals surface area contributed by atoms with Gasteiger partial charge in [-0.15, -0.1) is 0 Å². The number of alkyl halides is 3. The Balaban J connectivity index is 1.74. The number of aromatic nitrogens is 3. The third-order valence-corrected chi connectivity index (χ3v) is 5.72. The molecule has 2 heterocycles. The molecule has 4 N–H and O–H groups in total. The lowest BCUT2D eigenvalue weighted by Crippen LogP contribution is -2.34. The molecule has 0 aliphatic carbocycles. The second kappa shape index (κ2) is 11.5. The Morgan fingerprint density at radius 3 is 2.61 bits per heavy atom. The highest BCUT2D eigenvalue weighted by Crippen LogP contribution is 2.33. The lowest BCUT2D eigenvalue weighted by molar-refractivity contribution is -0.138. The van der Waals surface area contributed by atoms with Gasteiger partial charge in [-0.1, -0.05) is 12.1 Å². The molecule has 3 aromatic rings. The number of halogens is 3. The maximum absolute atomic E-state index is 13.4. The molecule has 1 aromatic carbocycles. The van der Waals surface area contributed by atoms with Crippen LogP contribution in [-0.4, -0.2) is 45.4 Å². The zero-order valence-corrected chi connectivity index (χ0v) is 20.1. The van der Waals surface area contributed by atoms with Crippen molar-refractivity contribution in [1.29, 1.82) is 5.26 Å². The van der Waals surface area contributed by atoms with E-state index in [0.29, 0.717) is 23.1 Å². The highest BCUT2D eigenvalue weighted by atomic mass is 19.4. The molecular formula is C24H28F3N7O2. The van der Waals surface area contributed by atoms with E-state index in [1.807, 2.05) is 19.9 Å². The second-order valence-corrected chi connectivity index (χ2v) is 8.47. The standard InChI is InChI=1S/C24H28F3N7O2/c1-14(31-22-21-20(34(3)23(36)33-22)7-5-18(11-28)32-21)12-30-15(2)16-4-6-19(24(25,26)27)17(10-16)13-29-8-9-35/h4-7,10,14-15,29-30,35H,8-9,12-13H2,1-3H3,(H,31,33,36)/t14-,15?/m0/s1. The maximum atomic E-state index is 13.4. The average Bonchev–Trinajstić information content (AvgIpc) is 2.84. The fraction of sp³-hybridized carbons (Fsp3) is 0.417. The maximum Gasteiger partial charge on any atom is 0.416 e. The Morgan fingerprint density at radius 2 is 1.94 bits per heavy atom. The molecule has 2 atom stereocenters. The van der Waals surface area contributed by atoms with E-state index in [4.69, 9.17) is 5.11 Å². The molecule has 0 spiro atoms. The first-order chi connectivity index (χ1) is 17.0. The molecule has 0 saturated heterocycles. The van der Waals surface area contributed by atoms with E-state index in [0.717, 1.165) is 6.07 Å². The molecule has 3 rings (SSSR count). The Hall–Kier alpha value is -3.53. The number of hydrogen-bond acceptors (Lipinski definition) is 8. The Labute approximate surface area is 206 Å². The van der Waals surface area contributed by atoms with Crippen molar-refractivity contribution in [3.8, 4) is 6.07 Å². The summed E-state index contributed by atoms with van der Waals surface area (Å²) in [6, 6.07) is 8.64. The first kappa shape index (κ1) is 27.1. The largest absolute Gasteiger partial charge is 0.416 e. The summed E-state index contributed by atoms with van der Waals surface area (Å²) in [5.74, 6) is 0.249. The molecule has 0 radical (unpaired) electrons. The monoisotopic (exact) mass is 503 g/mol. The van der Waals surface area contributed by atoms with E-state index in [2.05, 4.69) is 25.9 Å². The normalized spacial score (nSPS) is 13.4. The molecule has 0 fully saturated rings. The molecule has 0 amide bonds. The molecule has 0 aliphatic heterocycles. The number of aliphatic hydroxyl groups is 1. The quantitative estimate of drug-likeness (QED) is 0.311. The van der Waals surface area contributed by atoms with Gasteiger partial charge in [0.2, 0.25) is 0 Å². The van der Waals surface area contributed by atoms with E-state index in [1.165, 1.54) is 22.8 Å². The van der Waals surface area contributed by atoms with Gasteiger partial charge in [-0.3, -0.25) is 4.57 Å². The Morgan fingerprint density at radius 1 is 1.19 bits per heavy atom. The van der Waals surface area contributed by atoms with Crippen molar-refractivity contribution in [2.24, 2.45) is 7.05 Å². The predicted octanol–water partition coefficient (Wildman–Crippen LogP) is 2.45. The number of fused-ring (bicyclic) bond motifs is 1. The van der Waals surface area contributed by atoms with E-state index in [1.54, 1.807) is 13.1 Å². The van der Waals surface area contributed by atoms with Crippen LogP contribution in [0.5, 0.6) is 0 Å². The molecule has 0 bridgehead atoms. The summed E-state index contributed by atoms with van der Waals surface area (Å²) < 4.78 is 41.6. The fourth-order valence-corrected chi connectivity index (χ4v) is 3.75. The summed E-state index contributed by atoms with van der Waals surface area (Å²) in [4.78, 5) is 20.6. The predicted molar refractivity (Wildman–Crippen MR) is 129 cm³/mol. The van der Waals surface area contributed by atoms with Crippen LogP contribution in [0, 0.1) is 11.3 Å². The van der Waals surface area contributed by atoms with Crippen molar-refractivity contribution in [2.75, 3.05) is 25.0 Å². The number of hydrogen-bond donors (Lipinski definition) is 4. The molecule has 0 saturated carbocycles. The topological polar surface area (TPSA) is 128 Å². The van der Waals surface area contributed by atoms with Crippen molar-refractivity contribution in [2.45, 2.75) is 38.7 Å². The van der Waals surface area contributed by atoms with Gasteiger partial charge in [0.05, 0.1) is 17.7 Å². The van der Waals surface area contributed by atoms with Crippen LogP contribution in [0.1, 0.15) is 42.3 Å². The van der Waals surface area contributed by atoms with Gasteiger partial charge in [0.15, 0.2) is 5.82 Å². The number of nitriles is 1. The van der Waals surface area contributed by atoms with Crippen molar-refractivity contribution >= 4 is 16.9 Å². The number of benzene rings is 1. The third kappa shape index (κ3) is 6.37. The minimum absolute atomic E-state index is 0.0205. The fourth-order valence-electron chi connectivity index (χ4n) is 3.75. The zero-order chi connectivity index (χ0) is 26.5. The van der Waals surface area contributed by atoms with Crippen molar-refractivity contribution in [3.63, 3.8) is 0 Å². The van der Waals surface area contributed by atoms with E-state index < -0.39 is 17.4 Å². The molecule has 36 heavy (non-hydrogen) atoms. The number of aryl methyl sites for hydroxylation is 1. The van der Waals surface area contributed by atoms with Crippen LogP contribution in [-0.2, 0) is 19.8 Å². The SMILES string of the molecule is CC(NC[C@H](C)Nc1nc(=O)n(C)c2ccc(C#N)nc12)c1ccc(C(F)(F)F)c(CNCCO)c1. The first-order valence-electron chi connectivity index (χ1n) is 11.3. The van der Waals surface area contributed by atoms with Gasteiger partial charge >= 0.3 is 11.9 Å². The lowest BCUT2D eigenvalue weighted by Gasteiger charge is -2.22. The number of anilines is 1. The summed E-state index contributed by atoms with van der Waals surface area (Å²) in [5, 5.41) is 27.3. The molecule has 2 aromatic heterocycles. The lowest BCUT2D eigenvalue weighted by atomic mass is 9.99. The van der Waals surface area contributed by atoms with Gasteiger partial charge in [-0.2, -0.15) is 23.4 Å². The van der Waals surface area contributed by atoms with Gasteiger partial charge in [-0.05, 0) is 43.2 Å². The number of nitrogens with zero attached hydrogens (tertiary/aromatic N) is 4. The van der Waals surface area contributed by atoms with Crippen LogP contribution < -0.4 is 21.6 Å². The Bertz CT molecular complexity index is 1320. The zero-order valence-electron chi connectivity index (χ0n) is 20.1. The summed E-state index contributed by atoms with van der Waals surface area (Å²) in [6.45, 7) is 4.09. The number of pyridine rings is 1. The summed E-state index contributed by atoms with van der Waals surface area (Å²) in [5.41, 5.74) is 0.689. The second-order valence-electron chi connectivity index (χ2n) is 8.47. The van der Waals surface area contributed by atoms with Crippen LogP contribution in [0.2, 0.25) is 0 Å². The van der Waals surface area contributed by atoms with Gasteiger partial charge in [-0.25, -0.2) is 9.78 Å². The van der Waals surface area contributed by atoms with Crippen LogP contribution in [0.3, 0.4) is 0 Å². The smallest absolute Gasteiger partial charge is 0.395 e. The van der Waals surface area contributed by atoms with E-state index >= 15 is 0 Å². The highest BCUT2D eigenvalue weighted by Gasteiger charge is 2.33. The van der Waals surface area contributed by atoms with Gasteiger partial charge < -0.3 is 21.1 Å². The molecule has 192 valence electrons. The van der Waals surface area contributed by atoms with E-state index in [9.17, 15) is 23.2 Å². The molecular weight excluding hydrogens is 475 g/mol.